The molecule has 4 heteroatoms. The standard InChI is InChI=1S/C16H22N2OS/c1-11-6-7-18(12(8-11)9-17)16(19)14-10-20-15-5-3-2-4-13(14)15/h2-5,11-12,14H,6-10,17H2,1H3. The second-order valence-electron chi connectivity index (χ2n) is 5.95. The number of hydrogen-bond donors (Lipinski definition) is 1. The lowest BCUT2D eigenvalue weighted by molar-refractivity contribution is -0.136. The number of piperidine rings is 1. The second-order valence-corrected chi connectivity index (χ2v) is 7.01. The van der Waals surface area contributed by atoms with Crippen LogP contribution >= 0.6 is 11.8 Å². The fourth-order valence-electron chi connectivity index (χ4n) is 3.33. The van der Waals surface area contributed by atoms with Gasteiger partial charge in [-0.05, 0) is 30.4 Å². The van der Waals surface area contributed by atoms with Gasteiger partial charge in [0.1, 0.15) is 0 Å². The van der Waals surface area contributed by atoms with E-state index in [2.05, 4.69) is 19.1 Å². The van der Waals surface area contributed by atoms with Gasteiger partial charge in [0, 0.05) is 29.8 Å². The van der Waals surface area contributed by atoms with Crippen LogP contribution in [0.25, 0.3) is 0 Å². The number of rotatable bonds is 2. The maximum atomic E-state index is 12.9. The summed E-state index contributed by atoms with van der Waals surface area (Å²) >= 11 is 1.80. The van der Waals surface area contributed by atoms with Crippen molar-refractivity contribution < 1.29 is 4.79 Å². The minimum Gasteiger partial charge on any atom is -0.338 e. The van der Waals surface area contributed by atoms with Gasteiger partial charge in [-0.3, -0.25) is 4.79 Å². The molecule has 3 rings (SSSR count). The first-order valence-corrected chi connectivity index (χ1v) is 8.41. The Morgan fingerprint density at radius 3 is 3.05 bits per heavy atom. The fourth-order valence-corrected chi connectivity index (χ4v) is 4.55. The van der Waals surface area contributed by atoms with E-state index in [-0.39, 0.29) is 17.9 Å². The Morgan fingerprint density at radius 1 is 1.45 bits per heavy atom. The molecule has 0 saturated carbocycles. The molecule has 0 bridgehead atoms. The average Bonchev–Trinajstić information content (AvgIpc) is 2.90. The summed E-state index contributed by atoms with van der Waals surface area (Å²) < 4.78 is 0. The van der Waals surface area contributed by atoms with Crippen LogP contribution in [0.3, 0.4) is 0 Å². The van der Waals surface area contributed by atoms with Gasteiger partial charge in [0.05, 0.1) is 5.92 Å². The van der Waals surface area contributed by atoms with Crippen LogP contribution in [0.2, 0.25) is 0 Å². The Labute approximate surface area is 124 Å². The van der Waals surface area contributed by atoms with Crippen LogP contribution in [-0.4, -0.2) is 35.7 Å². The lowest BCUT2D eigenvalue weighted by atomic mass is 9.90. The molecular weight excluding hydrogens is 268 g/mol. The number of likely N-dealkylation sites (tertiary alicyclic amines) is 1. The third kappa shape index (κ3) is 2.47. The molecule has 3 unspecified atom stereocenters. The summed E-state index contributed by atoms with van der Waals surface area (Å²) in [5.74, 6) is 1.86. The van der Waals surface area contributed by atoms with Crippen molar-refractivity contribution in [2.75, 3.05) is 18.8 Å². The van der Waals surface area contributed by atoms with E-state index in [0.717, 1.165) is 25.1 Å². The number of nitrogens with two attached hydrogens (primary N) is 1. The molecule has 0 aromatic heterocycles. The number of fused-ring (bicyclic) bond motifs is 1. The van der Waals surface area contributed by atoms with Crippen LogP contribution < -0.4 is 5.73 Å². The molecule has 108 valence electrons. The summed E-state index contributed by atoms with van der Waals surface area (Å²) in [7, 11) is 0. The first-order chi connectivity index (χ1) is 9.70. The van der Waals surface area contributed by atoms with Gasteiger partial charge in [-0.25, -0.2) is 0 Å². The molecule has 2 N–H and O–H groups in total. The largest absolute Gasteiger partial charge is 0.338 e. The van der Waals surface area contributed by atoms with Crippen molar-refractivity contribution in [2.45, 2.75) is 36.6 Å². The fraction of sp³-hybridized carbons (Fsp3) is 0.562. The van der Waals surface area contributed by atoms with Crippen molar-refractivity contribution in [1.29, 1.82) is 0 Å². The Kier molecular flexibility index (Phi) is 4.03. The molecule has 0 aliphatic carbocycles. The Hall–Kier alpha value is -1.00. The van der Waals surface area contributed by atoms with Crippen molar-refractivity contribution in [3.05, 3.63) is 29.8 Å². The number of thioether (sulfide) groups is 1. The van der Waals surface area contributed by atoms with E-state index in [9.17, 15) is 4.79 Å². The van der Waals surface area contributed by atoms with Crippen molar-refractivity contribution in [3.63, 3.8) is 0 Å². The summed E-state index contributed by atoms with van der Waals surface area (Å²) in [6.45, 7) is 3.70. The number of hydrogen-bond acceptors (Lipinski definition) is 3. The first-order valence-electron chi connectivity index (χ1n) is 7.43. The number of amides is 1. The van der Waals surface area contributed by atoms with Crippen LogP contribution in [0, 0.1) is 5.92 Å². The van der Waals surface area contributed by atoms with Crippen LogP contribution in [0.5, 0.6) is 0 Å². The summed E-state index contributed by atoms with van der Waals surface area (Å²) in [5, 5.41) is 0. The van der Waals surface area contributed by atoms with Gasteiger partial charge in [-0.15, -0.1) is 11.8 Å². The second kappa shape index (κ2) is 5.78. The van der Waals surface area contributed by atoms with E-state index in [1.54, 1.807) is 11.8 Å². The highest BCUT2D eigenvalue weighted by Gasteiger charge is 2.36. The zero-order chi connectivity index (χ0) is 14.1. The third-order valence-electron chi connectivity index (χ3n) is 4.53. The molecule has 1 saturated heterocycles. The number of nitrogens with zero attached hydrogens (tertiary/aromatic N) is 1. The summed E-state index contributed by atoms with van der Waals surface area (Å²) in [6, 6.07) is 8.52. The normalized spacial score (nSPS) is 29.3. The zero-order valence-corrected chi connectivity index (χ0v) is 12.7. The quantitative estimate of drug-likeness (QED) is 0.910. The molecule has 2 aliphatic rings. The molecule has 20 heavy (non-hydrogen) atoms. The molecular formula is C16H22N2OS. The summed E-state index contributed by atoms with van der Waals surface area (Å²) in [6.07, 6.45) is 2.15. The van der Waals surface area contributed by atoms with Gasteiger partial charge < -0.3 is 10.6 Å². The van der Waals surface area contributed by atoms with E-state index in [4.69, 9.17) is 5.73 Å². The maximum Gasteiger partial charge on any atom is 0.231 e. The van der Waals surface area contributed by atoms with Crippen molar-refractivity contribution in [1.82, 2.24) is 4.90 Å². The molecule has 1 aromatic carbocycles. The SMILES string of the molecule is CC1CCN(C(=O)C2CSc3ccccc32)C(CN)C1. The highest BCUT2D eigenvalue weighted by atomic mass is 32.2. The molecule has 3 atom stereocenters. The summed E-state index contributed by atoms with van der Waals surface area (Å²) in [4.78, 5) is 16.2. The highest BCUT2D eigenvalue weighted by molar-refractivity contribution is 7.99. The number of benzene rings is 1. The van der Waals surface area contributed by atoms with Gasteiger partial charge in [0.15, 0.2) is 0 Å². The predicted octanol–water partition coefficient (Wildman–Crippen LogP) is 2.46. The van der Waals surface area contributed by atoms with Gasteiger partial charge >= 0.3 is 0 Å². The lowest BCUT2D eigenvalue weighted by Crippen LogP contribution is -2.50. The zero-order valence-electron chi connectivity index (χ0n) is 11.9. The van der Waals surface area contributed by atoms with E-state index < -0.39 is 0 Å². The van der Waals surface area contributed by atoms with Gasteiger partial charge in [0.25, 0.3) is 0 Å². The van der Waals surface area contributed by atoms with E-state index in [1.807, 2.05) is 17.0 Å². The lowest BCUT2D eigenvalue weighted by Gasteiger charge is -2.39. The third-order valence-corrected chi connectivity index (χ3v) is 5.71. The Bertz CT molecular complexity index is 505. The molecule has 1 aromatic rings. The van der Waals surface area contributed by atoms with Crippen LogP contribution in [0.4, 0.5) is 0 Å². The minimum atomic E-state index is 0.0265. The van der Waals surface area contributed by atoms with E-state index >= 15 is 0 Å². The first kappa shape index (κ1) is 14.0. The Balaban J connectivity index is 1.79. The van der Waals surface area contributed by atoms with Crippen molar-refractivity contribution >= 4 is 17.7 Å². The topological polar surface area (TPSA) is 46.3 Å². The molecule has 2 heterocycles. The van der Waals surface area contributed by atoms with E-state index in [1.165, 1.54) is 10.5 Å². The van der Waals surface area contributed by atoms with Crippen LogP contribution in [0.15, 0.2) is 29.2 Å². The van der Waals surface area contributed by atoms with Gasteiger partial charge in [-0.2, -0.15) is 0 Å². The molecule has 0 spiro atoms. The predicted molar refractivity (Wildman–Crippen MR) is 82.9 cm³/mol. The Morgan fingerprint density at radius 2 is 2.25 bits per heavy atom. The molecule has 1 amide bonds. The monoisotopic (exact) mass is 290 g/mol. The summed E-state index contributed by atoms with van der Waals surface area (Å²) in [5.41, 5.74) is 7.09. The molecule has 3 nitrogen and oxygen atoms in total. The maximum absolute atomic E-state index is 12.9. The highest BCUT2D eigenvalue weighted by Crippen LogP contribution is 2.41. The van der Waals surface area contributed by atoms with Crippen LogP contribution in [-0.2, 0) is 4.79 Å². The van der Waals surface area contributed by atoms with Crippen LogP contribution in [0.1, 0.15) is 31.2 Å². The number of carbonyl (C=O) groups excluding carboxylic acids is 1. The minimum absolute atomic E-state index is 0.0265. The van der Waals surface area contributed by atoms with Crippen molar-refractivity contribution in [2.24, 2.45) is 11.7 Å². The molecule has 2 aliphatic heterocycles. The molecule has 1 fully saturated rings. The average molecular weight is 290 g/mol. The van der Waals surface area contributed by atoms with Gasteiger partial charge in [0.2, 0.25) is 5.91 Å². The van der Waals surface area contributed by atoms with Crippen molar-refractivity contribution in [3.8, 4) is 0 Å². The number of carbonyl (C=O) groups is 1. The smallest absolute Gasteiger partial charge is 0.231 e. The van der Waals surface area contributed by atoms with Gasteiger partial charge in [-0.1, -0.05) is 25.1 Å². The molecule has 0 radical (unpaired) electrons. The van der Waals surface area contributed by atoms with E-state index in [0.29, 0.717) is 12.5 Å².